The molecule has 1 aromatic heterocycles. The van der Waals surface area contributed by atoms with Crippen LogP contribution in [0.1, 0.15) is 36.5 Å². The van der Waals surface area contributed by atoms with Gasteiger partial charge in [-0.1, -0.05) is 30.2 Å². The average Bonchev–Trinajstić information content (AvgIpc) is 3.23. The third-order valence-corrected chi connectivity index (χ3v) is 6.70. The van der Waals surface area contributed by atoms with Crippen LogP contribution in [0.5, 0.6) is 0 Å². The first-order valence-electron chi connectivity index (χ1n) is 11.5. The van der Waals surface area contributed by atoms with E-state index in [9.17, 15) is 9.59 Å². The predicted octanol–water partition coefficient (Wildman–Crippen LogP) is 5.32. The number of amides is 2. The van der Waals surface area contributed by atoms with E-state index in [1.807, 2.05) is 19.9 Å². The van der Waals surface area contributed by atoms with Crippen LogP contribution in [-0.2, 0) is 6.54 Å². The second-order valence-electron chi connectivity index (χ2n) is 8.91. The van der Waals surface area contributed by atoms with Crippen LogP contribution in [0, 0.1) is 13.8 Å². The fraction of sp³-hybridized carbons (Fsp3) is 0.385. The van der Waals surface area contributed by atoms with Crippen LogP contribution >= 0.6 is 11.6 Å². The van der Waals surface area contributed by atoms with Gasteiger partial charge in [0, 0.05) is 28.9 Å². The van der Waals surface area contributed by atoms with Gasteiger partial charge in [-0.3, -0.25) is 9.69 Å². The van der Waals surface area contributed by atoms with Crippen molar-refractivity contribution < 1.29 is 4.79 Å². The van der Waals surface area contributed by atoms with Gasteiger partial charge in [-0.25, -0.2) is 4.79 Å². The summed E-state index contributed by atoms with van der Waals surface area (Å²) in [5, 5.41) is 4.56. The van der Waals surface area contributed by atoms with Crippen molar-refractivity contribution in [3.63, 3.8) is 0 Å². The number of H-pyrrole nitrogens is 1. The number of aryl methyl sites for hydroxylation is 2. The third kappa shape index (κ3) is 5.40. The van der Waals surface area contributed by atoms with E-state index in [1.54, 1.807) is 29.2 Å². The lowest BCUT2D eigenvalue weighted by Gasteiger charge is -2.30. The maximum atomic E-state index is 13.3. The second-order valence-corrected chi connectivity index (χ2v) is 9.35. The molecule has 1 unspecified atom stereocenters. The number of likely N-dealkylation sites (N-methyl/N-ethyl adjacent to an activating group) is 1. The predicted molar refractivity (Wildman–Crippen MR) is 135 cm³/mol. The number of hydrogen-bond acceptors (Lipinski definition) is 3. The standard InChI is InChI=1S/C26H31ClN4O2/c1-4-30-11-5-6-23(30)16-31(26(33)28-22-9-7-21(27)8-10-22)15-20-14-19-13-17(2)12-18(3)24(19)29-25(20)32/h7-10,12-14,23H,4-6,11,15-16H2,1-3H3,(H,28,33)(H,29,32). The van der Waals surface area contributed by atoms with E-state index < -0.39 is 0 Å². The van der Waals surface area contributed by atoms with Gasteiger partial charge >= 0.3 is 6.03 Å². The lowest BCUT2D eigenvalue weighted by atomic mass is 10.0. The molecule has 1 aliphatic rings. The summed E-state index contributed by atoms with van der Waals surface area (Å²) in [6.07, 6.45) is 2.17. The minimum Gasteiger partial charge on any atom is -0.321 e. The van der Waals surface area contributed by atoms with E-state index in [0.717, 1.165) is 48.0 Å². The number of likely N-dealkylation sites (tertiary alicyclic amines) is 1. The highest BCUT2D eigenvalue weighted by Gasteiger charge is 2.28. The van der Waals surface area contributed by atoms with Gasteiger partial charge in [0.25, 0.3) is 5.56 Å². The molecule has 2 aromatic carbocycles. The Labute approximate surface area is 199 Å². The molecule has 3 aromatic rings. The largest absolute Gasteiger partial charge is 0.322 e. The van der Waals surface area contributed by atoms with Crippen LogP contribution in [0.4, 0.5) is 10.5 Å². The lowest BCUT2D eigenvalue weighted by Crippen LogP contribution is -2.45. The number of halogens is 1. The van der Waals surface area contributed by atoms with E-state index in [2.05, 4.69) is 34.3 Å². The number of pyridine rings is 1. The summed E-state index contributed by atoms with van der Waals surface area (Å²) in [7, 11) is 0. The SMILES string of the molecule is CCN1CCCC1CN(Cc1cc2cc(C)cc(C)c2[nH]c1=O)C(=O)Nc1ccc(Cl)cc1. The monoisotopic (exact) mass is 466 g/mol. The van der Waals surface area contributed by atoms with Crippen molar-refractivity contribution in [3.05, 3.63) is 74.5 Å². The summed E-state index contributed by atoms with van der Waals surface area (Å²) in [6, 6.07) is 13.2. The van der Waals surface area contributed by atoms with Gasteiger partial charge in [0.1, 0.15) is 0 Å². The van der Waals surface area contributed by atoms with E-state index in [4.69, 9.17) is 11.6 Å². The van der Waals surface area contributed by atoms with Crippen molar-refractivity contribution in [2.75, 3.05) is 25.0 Å². The number of benzene rings is 2. The van der Waals surface area contributed by atoms with Crippen LogP contribution in [0.2, 0.25) is 5.02 Å². The highest BCUT2D eigenvalue weighted by atomic mass is 35.5. The van der Waals surface area contributed by atoms with Crippen molar-refractivity contribution in [2.45, 2.75) is 46.2 Å². The number of carbonyl (C=O) groups is 1. The molecule has 0 radical (unpaired) electrons. The van der Waals surface area contributed by atoms with Gasteiger partial charge in [-0.15, -0.1) is 0 Å². The zero-order chi connectivity index (χ0) is 23.5. The van der Waals surface area contributed by atoms with Crippen LogP contribution < -0.4 is 10.9 Å². The summed E-state index contributed by atoms with van der Waals surface area (Å²) < 4.78 is 0. The number of aromatic amines is 1. The molecule has 6 nitrogen and oxygen atoms in total. The van der Waals surface area contributed by atoms with E-state index in [1.165, 1.54) is 0 Å². The number of hydrogen-bond donors (Lipinski definition) is 2. The van der Waals surface area contributed by atoms with E-state index in [-0.39, 0.29) is 24.2 Å². The van der Waals surface area contributed by atoms with Crippen LogP contribution in [0.15, 0.2) is 47.3 Å². The zero-order valence-electron chi connectivity index (χ0n) is 19.5. The molecular weight excluding hydrogens is 436 g/mol. The molecule has 0 saturated carbocycles. The maximum Gasteiger partial charge on any atom is 0.322 e. The summed E-state index contributed by atoms with van der Waals surface area (Å²) in [4.78, 5) is 33.4. The number of rotatable bonds is 6. The first-order valence-corrected chi connectivity index (χ1v) is 11.9. The Morgan fingerprint density at radius 2 is 1.97 bits per heavy atom. The number of urea groups is 1. The van der Waals surface area contributed by atoms with Crippen molar-refractivity contribution in [3.8, 4) is 0 Å². The Balaban J connectivity index is 1.63. The minimum absolute atomic E-state index is 0.155. The molecule has 0 aliphatic carbocycles. The molecule has 1 fully saturated rings. The van der Waals surface area contributed by atoms with Crippen molar-refractivity contribution >= 4 is 34.2 Å². The van der Waals surface area contributed by atoms with Gasteiger partial charge in [0.2, 0.25) is 0 Å². The van der Waals surface area contributed by atoms with Gasteiger partial charge < -0.3 is 15.2 Å². The lowest BCUT2D eigenvalue weighted by molar-refractivity contribution is 0.174. The topological polar surface area (TPSA) is 68.4 Å². The number of carbonyl (C=O) groups excluding carboxylic acids is 1. The second kappa shape index (κ2) is 9.98. The molecule has 2 amide bonds. The van der Waals surface area contributed by atoms with Gasteiger partial charge in [0.05, 0.1) is 12.1 Å². The normalized spacial score (nSPS) is 16.3. The molecule has 0 bridgehead atoms. The van der Waals surface area contributed by atoms with Crippen LogP contribution in [0.25, 0.3) is 10.9 Å². The molecule has 174 valence electrons. The van der Waals surface area contributed by atoms with E-state index in [0.29, 0.717) is 22.8 Å². The molecule has 1 atom stereocenters. The Hall–Kier alpha value is -2.83. The summed E-state index contributed by atoms with van der Waals surface area (Å²) in [5.41, 5.74) is 4.12. The number of nitrogens with one attached hydrogen (secondary N) is 2. The van der Waals surface area contributed by atoms with Crippen LogP contribution in [-0.4, -0.2) is 46.5 Å². The molecule has 4 rings (SSSR count). The third-order valence-electron chi connectivity index (χ3n) is 6.45. The fourth-order valence-electron chi connectivity index (χ4n) is 4.78. The van der Waals surface area contributed by atoms with Crippen LogP contribution in [0.3, 0.4) is 0 Å². The molecule has 33 heavy (non-hydrogen) atoms. The van der Waals surface area contributed by atoms with Gasteiger partial charge in [-0.2, -0.15) is 0 Å². The number of anilines is 1. The Morgan fingerprint density at radius 1 is 1.21 bits per heavy atom. The van der Waals surface area contributed by atoms with Gasteiger partial charge in [0.15, 0.2) is 0 Å². The van der Waals surface area contributed by atoms with Gasteiger partial charge in [-0.05, 0) is 87.1 Å². The van der Waals surface area contributed by atoms with E-state index >= 15 is 0 Å². The molecule has 0 spiro atoms. The molecular formula is C26H31ClN4O2. The minimum atomic E-state index is -0.222. The molecule has 2 N–H and O–H groups in total. The average molecular weight is 467 g/mol. The highest BCUT2D eigenvalue weighted by molar-refractivity contribution is 6.30. The highest BCUT2D eigenvalue weighted by Crippen LogP contribution is 2.22. The number of fused-ring (bicyclic) bond motifs is 1. The molecule has 1 aliphatic heterocycles. The van der Waals surface area contributed by atoms with Crippen molar-refractivity contribution in [1.82, 2.24) is 14.8 Å². The molecule has 1 saturated heterocycles. The fourth-order valence-corrected chi connectivity index (χ4v) is 4.91. The smallest absolute Gasteiger partial charge is 0.321 e. The molecule has 2 heterocycles. The van der Waals surface area contributed by atoms with Crippen molar-refractivity contribution in [1.29, 1.82) is 0 Å². The van der Waals surface area contributed by atoms with Crippen molar-refractivity contribution in [2.24, 2.45) is 0 Å². The quantitative estimate of drug-likeness (QED) is 0.516. The summed E-state index contributed by atoms with van der Waals surface area (Å²) in [5.74, 6) is 0. The Morgan fingerprint density at radius 3 is 2.70 bits per heavy atom. The Kier molecular flexibility index (Phi) is 7.05. The number of aromatic nitrogens is 1. The number of nitrogens with zero attached hydrogens (tertiary/aromatic N) is 2. The summed E-state index contributed by atoms with van der Waals surface area (Å²) >= 11 is 5.98. The summed E-state index contributed by atoms with van der Waals surface area (Å²) in [6.45, 7) is 8.99. The zero-order valence-corrected chi connectivity index (χ0v) is 20.2. The molecule has 7 heteroatoms. The first kappa shape index (κ1) is 23.3. The Bertz CT molecular complexity index is 1210. The first-order chi connectivity index (χ1) is 15.8. The maximum absolute atomic E-state index is 13.3.